The predicted molar refractivity (Wildman–Crippen MR) is 77.8 cm³/mol. The number of nitriles is 1. The van der Waals surface area contributed by atoms with Gasteiger partial charge in [0, 0.05) is 6.04 Å². The maximum atomic E-state index is 11.5. The summed E-state index contributed by atoms with van der Waals surface area (Å²) in [6.45, 7) is 1.78. The highest BCUT2D eigenvalue weighted by molar-refractivity contribution is 6.33. The molecule has 0 heterocycles. The molecule has 0 aliphatic heterocycles. The zero-order valence-corrected chi connectivity index (χ0v) is 12.1. The lowest BCUT2D eigenvalue weighted by atomic mass is 9.71. The van der Waals surface area contributed by atoms with E-state index >= 15 is 0 Å². The third-order valence-electron chi connectivity index (χ3n) is 4.12. The lowest BCUT2D eigenvalue weighted by Gasteiger charge is -2.39. The van der Waals surface area contributed by atoms with Crippen molar-refractivity contribution in [3.8, 4) is 6.07 Å². The van der Waals surface area contributed by atoms with E-state index in [-0.39, 0.29) is 6.04 Å². The minimum absolute atomic E-state index is 0.154. The summed E-state index contributed by atoms with van der Waals surface area (Å²) >= 11 is 6.14. The van der Waals surface area contributed by atoms with E-state index in [1.165, 1.54) is 0 Å². The number of rotatable bonds is 3. The minimum atomic E-state index is -0.782. The molecular weight excluding hydrogens is 276 g/mol. The van der Waals surface area contributed by atoms with Gasteiger partial charge in [-0.25, -0.2) is 0 Å². The zero-order chi connectivity index (χ0) is 14.8. The van der Waals surface area contributed by atoms with E-state index in [0.29, 0.717) is 22.7 Å². The summed E-state index contributed by atoms with van der Waals surface area (Å²) in [4.78, 5) is 11.5. The van der Waals surface area contributed by atoms with E-state index in [0.717, 1.165) is 19.3 Å². The van der Waals surface area contributed by atoms with Gasteiger partial charge in [-0.2, -0.15) is 5.26 Å². The number of benzene rings is 1. The number of aliphatic carboxylic acids is 1. The van der Waals surface area contributed by atoms with Gasteiger partial charge in [0.25, 0.3) is 0 Å². The monoisotopic (exact) mass is 292 g/mol. The van der Waals surface area contributed by atoms with Crippen molar-refractivity contribution < 1.29 is 9.90 Å². The lowest BCUT2D eigenvalue weighted by molar-refractivity contribution is -0.150. The second kappa shape index (κ2) is 5.72. The average Bonchev–Trinajstić information content (AvgIpc) is 2.43. The average molecular weight is 293 g/mol. The molecule has 2 N–H and O–H groups in total. The fourth-order valence-electron chi connectivity index (χ4n) is 2.71. The van der Waals surface area contributed by atoms with Crippen LogP contribution in [0.15, 0.2) is 18.2 Å². The number of hydrogen-bond donors (Lipinski definition) is 2. The standard InChI is InChI=1S/C15H17ClN2O2/c1-15(14(19)20)7-3-2-4-13(15)18-12-6-5-10(9-17)8-11(12)16/h5-6,8,13,18H,2-4,7H2,1H3,(H,19,20). The SMILES string of the molecule is CC1(C(=O)O)CCCCC1Nc1ccc(C#N)cc1Cl. The van der Waals surface area contributed by atoms with E-state index in [2.05, 4.69) is 5.32 Å². The Morgan fingerprint density at radius 1 is 1.55 bits per heavy atom. The summed E-state index contributed by atoms with van der Waals surface area (Å²) in [7, 11) is 0. The van der Waals surface area contributed by atoms with Crippen LogP contribution in [0.2, 0.25) is 5.02 Å². The summed E-state index contributed by atoms with van der Waals surface area (Å²) in [5.74, 6) is -0.778. The van der Waals surface area contributed by atoms with Gasteiger partial charge in [0.1, 0.15) is 0 Å². The van der Waals surface area contributed by atoms with Gasteiger partial charge in [-0.3, -0.25) is 4.79 Å². The highest BCUT2D eigenvalue weighted by Crippen LogP contribution is 2.39. The lowest BCUT2D eigenvalue weighted by Crippen LogP contribution is -2.46. The number of halogens is 1. The number of carboxylic acids is 1. The van der Waals surface area contributed by atoms with E-state index in [4.69, 9.17) is 16.9 Å². The molecule has 0 amide bonds. The third-order valence-corrected chi connectivity index (χ3v) is 4.44. The molecule has 106 valence electrons. The molecule has 1 aliphatic carbocycles. The van der Waals surface area contributed by atoms with E-state index in [9.17, 15) is 9.90 Å². The Morgan fingerprint density at radius 3 is 2.90 bits per heavy atom. The molecule has 0 spiro atoms. The summed E-state index contributed by atoms with van der Waals surface area (Å²) in [5, 5.41) is 22.0. The first kappa shape index (κ1) is 14.7. The Kier molecular flexibility index (Phi) is 4.20. The van der Waals surface area contributed by atoms with Crippen LogP contribution in [-0.2, 0) is 4.79 Å². The zero-order valence-electron chi connectivity index (χ0n) is 11.3. The highest BCUT2D eigenvalue weighted by atomic mass is 35.5. The van der Waals surface area contributed by atoms with Crippen LogP contribution >= 0.6 is 11.6 Å². The van der Waals surface area contributed by atoms with Crippen molar-refractivity contribution in [3.05, 3.63) is 28.8 Å². The van der Waals surface area contributed by atoms with Crippen LogP contribution in [0.4, 0.5) is 5.69 Å². The van der Waals surface area contributed by atoms with Gasteiger partial charge in [0.2, 0.25) is 0 Å². The molecule has 2 atom stereocenters. The van der Waals surface area contributed by atoms with Crippen LogP contribution in [0.1, 0.15) is 38.2 Å². The topological polar surface area (TPSA) is 73.1 Å². The second-order valence-electron chi connectivity index (χ2n) is 5.47. The fraction of sp³-hybridized carbons (Fsp3) is 0.467. The first-order chi connectivity index (χ1) is 9.47. The van der Waals surface area contributed by atoms with E-state index < -0.39 is 11.4 Å². The molecule has 0 aromatic heterocycles. The van der Waals surface area contributed by atoms with Crippen LogP contribution in [0.25, 0.3) is 0 Å². The first-order valence-electron chi connectivity index (χ1n) is 6.67. The van der Waals surface area contributed by atoms with Gasteiger partial charge >= 0.3 is 5.97 Å². The number of carboxylic acid groups (broad SMARTS) is 1. The van der Waals surface area contributed by atoms with Gasteiger partial charge in [-0.1, -0.05) is 24.4 Å². The predicted octanol–water partition coefficient (Wildman–Crippen LogP) is 3.66. The van der Waals surface area contributed by atoms with Crippen LogP contribution in [0.3, 0.4) is 0 Å². The summed E-state index contributed by atoms with van der Waals surface area (Å²) in [6.07, 6.45) is 3.41. The van der Waals surface area contributed by atoms with Crippen molar-refractivity contribution in [2.24, 2.45) is 5.41 Å². The minimum Gasteiger partial charge on any atom is -0.481 e. The summed E-state index contributed by atoms with van der Waals surface area (Å²) in [6, 6.07) is 6.87. The first-order valence-corrected chi connectivity index (χ1v) is 7.05. The summed E-state index contributed by atoms with van der Waals surface area (Å²) in [5.41, 5.74) is 0.394. The molecule has 0 radical (unpaired) electrons. The number of anilines is 1. The van der Waals surface area contributed by atoms with Crippen molar-refractivity contribution in [2.45, 2.75) is 38.6 Å². The van der Waals surface area contributed by atoms with Crippen LogP contribution in [-0.4, -0.2) is 17.1 Å². The largest absolute Gasteiger partial charge is 0.481 e. The molecule has 2 unspecified atom stereocenters. The number of nitrogens with one attached hydrogen (secondary N) is 1. The number of carbonyl (C=O) groups is 1. The second-order valence-corrected chi connectivity index (χ2v) is 5.88. The molecule has 1 aliphatic rings. The molecular formula is C15H17ClN2O2. The molecule has 4 nitrogen and oxygen atoms in total. The van der Waals surface area contributed by atoms with E-state index in [1.54, 1.807) is 25.1 Å². The fourth-order valence-corrected chi connectivity index (χ4v) is 2.95. The summed E-state index contributed by atoms with van der Waals surface area (Å²) < 4.78 is 0. The van der Waals surface area contributed by atoms with Crippen molar-refractivity contribution >= 4 is 23.3 Å². The molecule has 1 fully saturated rings. The molecule has 20 heavy (non-hydrogen) atoms. The normalized spacial score (nSPS) is 25.8. The number of nitrogens with zero attached hydrogens (tertiary/aromatic N) is 1. The van der Waals surface area contributed by atoms with Crippen LogP contribution < -0.4 is 5.32 Å². The molecule has 1 aromatic rings. The highest BCUT2D eigenvalue weighted by Gasteiger charge is 2.43. The van der Waals surface area contributed by atoms with Crippen LogP contribution in [0.5, 0.6) is 0 Å². The van der Waals surface area contributed by atoms with Crippen molar-refractivity contribution in [3.63, 3.8) is 0 Å². The quantitative estimate of drug-likeness (QED) is 0.892. The smallest absolute Gasteiger partial charge is 0.311 e. The van der Waals surface area contributed by atoms with Crippen molar-refractivity contribution in [1.82, 2.24) is 0 Å². The third kappa shape index (κ3) is 2.73. The molecule has 0 saturated heterocycles. The van der Waals surface area contributed by atoms with Gasteiger partial charge in [-0.15, -0.1) is 0 Å². The van der Waals surface area contributed by atoms with Crippen molar-refractivity contribution in [2.75, 3.05) is 5.32 Å². The van der Waals surface area contributed by atoms with Gasteiger partial charge in [0.15, 0.2) is 0 Å². The molecule has 1 saturated carbocycles. The van der Waals surface area contributed by atoms with E-state index in [1.807, 2.05) is 6.07 Å². The van der Waals surface area contributed by atoms with Crippen LogP contribution in [0, 0.1) is 16.7 Å². The van der Waals surface area contributed by atoms with Gasteiger partial charge < -0.3 is 10.4 Å². The molecule has 2 rings (SSSR count). The van der Waals surface area contributed by atoms with Gasteiger partial charge in [-0.05, 0) is 38.0 Å². The number of hydrogen-bond acceptors (Lipinski definition) is 3. The Balaban J connectivity index is 2.24. The van der Waals surface area contributed by atoms with Crippen molar-refractivity contribution in [1.29, 1.82) is 5.26 Å². The molecule has 5 heteroatoms. The molecule has 1 aromatic carbocycles. The molecule has 0 bridgehead atoms. The van der Waals surface area contributed by atoms with Gasteiger partial charge in [0.05, 0.1) is 27.8 Å². The Labute approximate surface area is 123 Å². The maximum Gasteiger partial charge on any atom is 0.311 e. The maximum absolute atomic E-state index is 11.5. The Bertz CT molecular complexity index is 567. The Hall–Kier alpha value is -1.73. The Morgan fingerprint density at radius 2 is 2.30 bits per heavy atom.